The quantitative estimate of drug-likeness (QED) is 0.123. The third kappa shape index (κ3) is 7.93. The molecule has 0 N–H and O–H groups in total. The predicted octanol–water partition coefficient (Wildman–Crippen LogP) is 10.9. The number of nitrogens with zero attached hydrogens (tertiary/aromatic N) is 2. The molecule has 3 aromatic heterocycles. The SMILES string of the molecule is CC(C)Cc1ccnc(-c2[c-]c3sc4ccccc4c3c(-c3ccccc3)c2)c1.[CH3][Ge]([CH3])([CH3])[c]1ccc(-c2[c-]cccc2)nc1.[Ir]. The predicted molar refractivity (Wildman–Crippen MR) is 197 cm³/mol. The van der Waals surface area contributed by atoms with Crippen molar-refractivity contribution in [3.63, 3.8) is 0 Å². The van der Waals surface area contributed by atoms with E-state index in [0.29, 0.717) is 5.92 Å². The van der Waals surface area contributed by atoms with Crippen molar-refractivity contribution >= 4 is 49.2 Å². The molecule has 0 atom stereocenters. The third-order valence-electron chi connectivity index (χ3n) is 7.85. The molecule has 0 saturated heterocycles. The normalized spacial score (nSPS) is 11.3. The molecule has 233 valence electrons. The van der Waals surface area contributed by atoms with Crippen LogP contribution in [0.2, 0.25) is 17.3 Å². The van der Waals surface area contributed by atoms with E-state index < -0.39 is 13.3 Å². The van der Waals surface area contributed by atoms with Gasteiger partial charge in [-0.15, -0.1) is 17.7 Å². The van der Waals surface area contributed by atoms with E-state index in [1.165, 1.54) is 41.3 Å². The van der Waals surface area contributed by atoms with Crippen LogP contribution in [0.5, 0.6) is 0 Å². The van der Waals surface area contributed by atoms with Crippen molar-refractivity contribution in [2.24, 2.45) is 5.92 Å². The van der Waals surface area contributed by atoms with Crippen LogP contribution in [0.4, 0.5) is 0 Å². The molecule has 7 aromatic rings. The van der Waals surface area contributed by atoms with E-state index >= 15 is 0 Å². The molecule has 0 aliphatic heterocycles. The molecule has 0 aliphatic rings. The van der Waals surface area contributed by atoms with E-state index in [4.69, 9.17) is 0 Å². The fourth-order valence-corrected chi connectivity index (χ4v) is 8.83. The number of hydrogen-bond donors (Lipinski definition) is 0. The number of fused-ring (bicyclic) bond motifs is 3. The second-order valence-corrected chi connectivity index (χ2v) is 24.6. The molecule has 2 nitrogen and oxygen atoms in total. The Bertz CT molecular complexity index is 2030. The third-order valence-corrected chi connectivity index (χ3v) is 13.2. The van der Waals surface area contributed by atoms with E-state index in [-0.39, 0.29) is 20.1 Å². The molecule has 0 bridgehead atoms. The van der Waals surface area contributed by atoms with Gasteiger partial charge in [-0.05, 0) is 45.8 Å². The molecule has 5 heteroatoms. The summed E-state index contributed by atoms with van der Waals surface area (Å²) in [6.07, 6.45) is 5.03. The van der Waals surface area contributed by atoms with Crippen LogP contribution in [0, 0.1) is 18.1 Å². The molecule has 3 heterocycles. The van der Waals surface area contributed by atoms with Crippen LogP contribution in [0.15, 0.2) is 122 Å². The summed E-state index contributed by atoms with van der Waals surface area (Å²) in [6.45, 7) is 4.51. The van der Waals surface area contributed by atoms with Crippen molar-refractivity contribution in [2.45, 2.75) is 37.5 Å². The first kappa shape index (κ1) is 33.9. The van der Waals surface area contributed by atoms with Crippen LogP contribution in [0.1, 0.15) is 19.4 Å². The number of aromatic nitrogens is 2. The average molecular weight is 856 g/mol. The Morgan fingerprint density at radius 1 is 0.761 bits per heavy atom. The van der Waals surface area contributed by atoms with Crippen LogP contribution in [0.25, 0.3) is 53.8 Å². The van der Waals surface area contributed by atoms with E-state index in [1.54, 1.807) is 0 Å². The Kier molecular flexibility index (Phi) is 11.1. The second kappa shape index (κ2) is 15.0. The first-order chi connectivity index (χ1) is 21.8. The largest absolute Gasteiger partial charge is 0 e. The topological polar surface area (TPSA) is 25.8 Å². The summed E-state index contributed by atoms with van der Waals surface area (Å²) < 4.78 is 3.94. The monoisotopic (exact) mass is 857 g/mol. The molecule has 46 heavy (non-hydrogen) atoms. The minimum absolute atomic E-state index is 0. The molecule has 4 aromatic carbocycles. The van der Waals surface area contributed by atoms with Gasteiger partial charge in [0.25, 0.3) is 0 Å². The maximum Gasteiger partial charge on any atom is 0 e. The number of benzene rings is 4. The van der Waals surface area contributed by atoms with Crippen molar-refractivity contribution in [1.82, 2.24) is 9.97 Å². The summed E-state index contributed by atoms with van der Waals surface area (Å²) in [5, 5.41) is 2.59. The van der Waals surface area contributed by atoms with Crippen LogP contribution < -0.4 is 4.40 Å². The molecule has 7 rings (SSSR count). The summed E-state index contributed by atoms with van der Waals surface area (Å²) >= 11 is 0.0950. The maximum absolute atomic E-state index is 4.69. The Morgan fingerprint density at radius 3 is 2.22 bits per heavy atom. The molecule has 0 amide bonds. The summed E-state index contributed by atoms with van der Waals surface area (Å²) in [5.74, 6) is 7.77. The molecule has 0 spiro atoms. The Labute approximate surface area is 293 Å². The van der Waals surface area contributed by atoms with E-state index in [2.05, 4.69) is 138 Å². The Balaban J connectivity index is 0.000000209. The summed E-state index contributed by atoms with van der Waals surface area (Å²) in [5.41, 5.74) is 7.95. The molecule has 1 radical (unpaired) electrons. The molecule has 0 aliphatic carbocycles. The molecule has 0 fully saturated rings. The van der Waals surface area contributed by atoms with Gasteiger partial charge in [-0.3, -0.25) is 0 Å². The van der Waals surface area contributed by atoms with Gasteiger partial charge in [0.1, 0.15) is 0 Å². The van der Waals surface area contributed by atoms with Gasteiger partial charge in [0.2, 0.25) is 0 Å². The molecular formula is C41H38GeIrN2S-2. The minimum Gasteiger partial charge on any atom is 0 e. The number of pyridine rings is 2. The van der Waals surface area contributed by atoms with E-state index in [0.717, 1.165) is 28.9 Å². The minimum atomic E-state index is -1.72. The maximum atomic E-state index is 4.69. The van der Waals surface area contributed by atoms with Crippen LogP contribution in [-0.2, 0) is 26.5 Å². The van der Waals surface area contributed by atoms with Crippen molar-refractivity contribution in [2.75, 3.05) is 0 Å². The smallest absolute Gasteiger partial charge is 0 e. The van der Waals surface area contributed by atoms with Crippen molar-refractivity contribution in [3.8, 4) is 33.6 Å². The first-order valence-corrected chi connectivity index (χ1v) is 23.7. The van der Waals surface area contributed by atoms with Crippen molar-refractivity contribution in [3.05, 3.63) is 139 Å². The van der Waals surface area contributed by atoms with Gasteiger partial charge in [0, 0.05) is 31.0 Å². The van der Waals surface area contributed by atoms with Gasteiger partial charge in [-0.1, -0.05) is 85.0 Å². The summed E-state index contributed by atoms with van der Waals surface area (Å²) in [6, 6.07) is 45.1. The van der Waals surface area contributed by atoms with Crippen molar-refractivity contribution in [1.29, 1.82) is 0 Å². The Hall–Kier alpha value is -3.41. The zero-order valence-electron chi connectivity index (χ0n) is 27.0. The van der Waals surface area contributed by atoms with Gasteiger partial charge in [-0.25, -0.2) is 0 Å². The average Bonchev–Trinajstić information content (AvgIpc) is 3.44. The summed E-state index contributed by atoms with van der Waals surface area (Å²) in [7, 11) is 0. The van der Waals surface area contributed by atoms with E-state index in [1.807, 2.05) is 48.0 Å². The second-order valence-electron chi connectivity index (χ2n) is 12.9. The molecule has 0 saturated carbocycles. The molecular weight excluding hydrogens is 817 g/mol. The fraction of sp³-hybridized carbons (Fsp3) is 0.171. The van der Waals surface area contributed by atoms with Gasteiger partial charge < -0.3 is 4.98 Å². The molecule has 0 unspecified atom stereocenters. The summed E-state index contributed by atoms with van der Waals surface area (Å²) in [4.78, 5) is 9.22. The zero-order chi connectivity index (χ0) is 31.4. The first-order valence-electron chi connectivity index (χ1n) is 15.6. The van der Waals surface area contributed by atoms with Gasteiger partial charge in [-0.2, -0.15) is 11.3 Å². The number of rotatable bonds is 6. The van der Waals surface area contributed by atoms with Crippen LogP contribution in [0.3, 0.4) is 0 Å². The van der Waals surface area contributed by atoms with E-state index in [9.17, 15) is 0 Å². The van der Waals surface area contributed by atoms with Crippen LogP contribution in [-0.4, -0.2) is 23.2 Å². The van der Waals surface area contributed by atoms with Crippen molar-refractivity contribution < 1.29 is 20.1 Å². The van der Waals surface area contributed by atoms with Gasteiger partial charge >= 0.3 is 99.8 Å². The standard InChI is InChI=1S/C27H22NS.C14H16GeN.Ir/c1-18(2)14-19-12-13-28-24(15-19)21-16-23(20-8-4-3-5-9-20)27-22-10-6-7-11-25(22)29-26(27)17-21;1-15(2,3)13-9-10-14(16-11-13)12-7-5-4-6-8-12;/h3-13,15-16,18H,14H2,1-2H3;4-7,9-11H,1-3H3;/q2*-1;. The fourth-order valence-electron chi connectivity index (χ4n) is 5.53. The van der Waals surface area contributed by atoms with Crippen LogP contribution >= 0.6 is 11.3 Å². The zero-order valence-corrected chi connectivity index (χ0v) is 32.3. The van der Waals surface area contributed by atoms with Gasteiger partial charge in [0.05, 0.1) is 0 Å². The Morgan fingerprint density at radius 2 is 1.52 bits per heavy atom. The van der Waals surface area contributed by atoms with Gasteiger partial charge in [0.15, 0.2) is 0 Å². The number of hydrogen-bond acceptors (Lipinski definition) is 3. The number of thiophene rings is 1.